The lowest BCUT2D eigenvalue weighted by atomic mass is 10.2. The molecule has 2 aliphatic rings. The second-order valence-corrected chi connectivity index (χ2v) is 6.53. The molecule has 158 valence electrons. The Morgan fingerprint density at radius 1 is 1.11 bits per heavy atom. The number of carbonyl (C=O) groups is 4. The first-order valence-electron chi connectivity index (χ1n) is 8.10. The quantitative estimate of drug-likeness (QED) is 0.627. The molecule has 28 heavy (non-hydrogen) atoms. The standard InChI is InChI=1S/C10H15NO3.C5H7NO.C2HF3O2/c1-10(2,3)14-9(13)11-6-4-5-8(12)7-11;7-5-2-1-3-6-4-5;3-2(4,5)1(6)7/h4-5H,6-7H2,1-3H3;1-2,6H,3-4H2;(H,6,7). The minimum absolute atomic E-state index is 0.0675. The maximum atomic E-state index is 11.5. The zero-order valence-electron chi connectivity index (χ0n) is 15.7. The lowest BCUT2D eigenvalue weighted by molar-refractivity contribution is -0.192. The molecule has 2 N–H and O–H groups in total. The van der Waals surface area contributed by atoms with Crippen molar-refractivity contribution in [3.05, 3.63) is 24.3 Å². The third-order valence-electron chi connectivity index (χ3n) is 2.74. The second-order valence-electron chi connectivity index (χ2n) is 6.53. The van der Waals surface area contributed by atoms with E-state index in [9.17, 15) is 27.6 Å². The largest absolute Gasteiger partial charge is 0.490 e. The summed E-state index contributed by atoms with van der Waals surface area (Å²) in [7, 11) is 0. The number of ether oxygens (including phenoxy) is 1. The summed E-state index contributed by atoms with van der Waals surface area (Å²) in [5.74, 6) is -2.65. The van der Waals surface area contributed by atoms with Crippen molar-refractivity contribution in [2.45, 2.75) is 32.5 Å². The smallest absolute Gasteiger partial charge is 0.475 e. The van der Waals surface area contributed by atoms with Crippen LogP contribution in [0.4, 0.5) is 18.0 Å². The van der Waals surface area contributed by atoms with Crippen molar-refractivity contribution < 1.29 is 42.2 Å². The number of carboxylic acids is 1. The third-order valence-corrected chi connectivity index (χ3v) is 2.74. The van der Waals surface area contributed by atoms with Gasteiger partial charge in [-0.3, -0.25) is 14.5 Å². The van der Waals surface area contributed by atoms with Gasteiger partial charge in [-0.05, 0) is 32.9 Å². The predicted molar refractivity (Wildman–Crippen MR) is 92.7 cm³/mol. The minimum Gasteiger partial charge on any atom is -0.475 e. The van der Waals surface area contributed by atoms with Crippen molar-refractivity contribution in [3.63, 3.8) is 0 Å². The molecule has 0 aromatic heterocycles. The van der Waals surface area contributed by atoms with Crippen molar-refractivity contribution in [3.8, 4) is 0 Å². The summed E-state index contributed by atoms with van der Waals surface area (Å²) in [4.78, 5) is 43.1. The zero-order chi connectivity index (χ0) is 22.0. The van der Waals surface area contributed by atoms with Crippen LogP contribution in [0.3, 0.4) is 0 Å². The molecule has 0 spiro atoms. The monoisotopic (exact) mass is 408 g/mol. The first-order valence-corrected chi connectivity index (χ1v) is 8.10. The topological polar surface area (TPSA) is 113 Å². The van der Waals surface area contributed by atoms with Gasteiger partial charge in [0.1, 0.15) is 5.60 Å². The molecule has 0 radical (unpaired) electrons. The van der Waals surface area contributed by atoms with Gasteiger partial charge < -0.3 is 15.2 Å². The molecule has 11 heteroatoms. The van der Waals surface area contributed by atoms with Crippen LogP contribution in [0, 0.1) is 0 Å². The Hall–Kier alpha value is -2.69. The van der Waals surface area contributed by atoms with Crippen molar-refractivity contribution in [2.24, 2.45) is 0 Å². The Morgan fingerprint density at radius 3 is 1.96 bits per heavy atom. The molecule has 0 aliphatic carbocycles. The van der Waals surface area contributed by atoms with E-state index in [2.05, 4.69) is 5.32 Å². The summed E-state index contributed by atoms with van der Waals surface area (Å²) in [6.45, 7) is 7.31. The average molecular weight is 408 g/mol. The minimum atomic E-state index is -5.08. The fourth-order valence-electron chi connectivity index (χ4n) is 1.61. The number of carbonyl (C=O) groups excluding carboxylic acids is 3. The number of nitrogens with zero attached hydrogens (tertiary/aromatic N) is 1. The summed E-state index contributed by atoms with van der Waals surface area (Å²) in [6.07, 6.45) is 1.06. The van der Waals surface area contributed by atoms with E-state index in [0.717, 1.165) is 6.54 Å². The zero-order valence-corrected chi connectivity index (χ0v) is 15.7. The summed E-state index contributed by atoms with van der Waals surface area (Å²) < 4.78 is 36.9. The number of ketones is 2. The van der Waals surface area contributed by atoms with Crippen molar-refractivity contribution in [1.29, 1.82) is 0 Å². The van der Waals surface area contributed by atoms with Crippen LogP contribution in [0.5, 0.6) is 0 Å². The Kier molecular flexibility index (Phi) is 10.1. The van der Waals surface area contributed by atoms with Gasteiger partial charge in [-0.2, -0.15) is 13.2 Å². The number of aliphatic carboxylic acids is 1. The Bertz CT molecular complexity index is 636. The molecule has 0 bridgehead atoms. The van der Waals surface area contributed by atoms with E-state index in [4.69, 9.17) is 14.6 Å². The van der Waals surface area contributed by atoms with Crippen LogP contribution in [0.25, 0.3) is 0 Å². The molecular weight excluding hydrogens is 385 g/mol. The fourth-order valence-corrected chi connectivity index (χ4v) is 1.61. The molecular formula is C17H23F3N2O6. The summed E-state index contributed by atoms with van der Waals surface area (Å²) in [5, 5.41) is 10.0. The Labute approximate surface area is 160 Å². The van der Waals surface area contributed by atoms with E-state index in [-0.39, 0.29) is 18.1 Å². The molecule has 0 fully saturated rings. The van der Waals surface area contributed by atoms with Crippen molar-refractivity contribution >= 4 is 23.6 Å². The highest BCUT2D eigenvalue weighted by atomic mass is 19.4. The van der Waals surface area contributed by atoms with Crippen LogP contribution >= 0.6 is 0 Å². The molecule has 2 heterocycles. The normalized spacial score (nSPS) is 16.4. The Morgan fingerprint density at radius 2 is 1.64 bits per heavy atom. The van der Waals surface area contributed by atoms with Gasteiger partial charge in [-0.1, -0.05) is 12.2 Å². The number of hydrogen-bond donors (Lipinski definition) is 2. The highest BCUT2D eigenvalue weighted by molar-refractivity contribution is 5.94. The molecule has 1 amide bonds. The van der Waals surface area contributed by atoms with Crippen molar-refractivity contribution in [2.75, 3.05) is 26.2 Å². The number of hydrogen-bond acceptors (Lipinski definition) is 6. The van der Waals surface area contributed by atoms with E-state index in [1.54, 1.807) is 32.9 Å². The van der Waals surface area contributed by atoms with Gasteiger partial charge >= 0.3 is 18.2 Å². The van der Waals surface area contributed by atoms with E-state index < -0.39 is 23.8 Å². The van der Waals surface area contributed by atoms with Crippen molar-refractivity contribution in [1.82, 2.24) is 10.2 Å². The van der Waals surface area contributed by atoms with Crippen LogP contribution in [0.1, 0.15) is 20.8 Å². The lowest BCUT2D eigenvalue weighted by Gasteiger charge is -2.27. The number of carboxylic acid groups (broad SMARTS) is 1. The third kappa shape index (κ3) is 12.6. The number of halogens is 3. The van der Waals surface area contributed by atoms with Gasteiger partial charge in [0.15, 0.2) is 11.6 Å². The van der Waals surface area contributed by atoms with Crippen LogP contribution in [0.2, 0.25) is 0 Å². The summed E-state index contributed by atoms with van der Waals surface area (Å²) in [5.41, 5.74) is -0.513. The highest BCUT2D eigenvalue weighted by Gasteiger charge is 2.38. The molecule has 0 unspecified atom stereocenters. The SMILES string of the molecule is CC(C)(C)OC(=O)N1CC=CC(=O)C1.O=C(O)C(F)(F)F.O=C1C=CCNC1. The van der Waals surface area contributed by atoms with Crippen LogP contribution < -0.4 is 5.32 Å². The highest BCUT2D eigenvalue weighted by Crippen LogP contribution is 2.13. The first-order chi connectivity index (χ1) is 12.7. The van der Waals surface area contributed by atoms with E-state index >= 15 is 0 Å². The van der Waals surface area contributed by atoms with Gasteiger partial charge in [0, 0.05) is 13.1 Å². The molecule has 0 aromatic rings. The lowest BCUT2D eigenvalue weighted by Crippen LogP contribution is -2.41. The summed E-state index contributed by atoms with van der Waals surface area (Å²) >= 11 is 0. The van der Waals surface area contributed by atoms with E-state index in [1.807, 2.05) is 6.08 Å². The predicted octanol–water partition coefficient (Wildman–Crippen LogP) is 1.71. The van der Waals surface area contributed by atoms with Gasteiger partial charge in [0.25, 0.3) is 0 Å². The second kappa shape index (κ2) is 11.2. The fraction of sp³-hybridized carbons (Fsp3) is 0.529. The Balaban J connectivity index is 0.000000437. The molecule has 0 atom stereocenters. The summed E-state index contributed by atoms with van der Waals surface area (Å²) in [6, 6.07) is 0. The maximum absolute atomic E-state index is 11.5. The van der Waals surface area contributed by atoms with Crippen LogP contribution in [-0.2, 0) is 19.1 Å². The van der Waals surface area contributed by atoms with Gasteiger partial charge in [-0.25, -0.2) is 9.59 Å². The van der Waals surface area contributed by atoms with Crippen LogP contribution in [-0.4, -0.2) is 71.6 Å². The average Bonchev–Trinajstić information content (AvgIpc) is 2.54. The molecule has 0 saturated heterocycles. The molecule has 8 nitrogen and oxygen atoms in total. The molecule has 0 aromatic carbocycles. The van der Waals surface area contributed by atoms with Gasteiger partial charge in [0.05, 0.1) is 13.1 Å². The van der Waals surface area contributed by atoms with E-state index in [0.29, 0.717) is 13.1 Å². The first kappa shape index (κ1) is 25.3. The molecule has 2 rings (SSSR count). The number of alkyl halides is 3. The van der Waals surface area contributed by atoms with Crippen LogP contribution in [0.15, 0.2) is 24.3 Å². The number of rotatable bonds is 0. The molecule has 2 aliphatic heterocycles. The maximum Gasteiger partial charge on any atom is 0.490 e. The van der Waals surface area contributed by atoms with Gasteiger partial charge in [0.2, 0.25) is 0 Å². The van der Waals surface area contributed by atoms with E-state index in [1.165, 1.54) is 11.0 Å². The van der Waals surface area contributed by atoms with Gasteiger partial charge in [-0.15, -0.1) is 0 Å². The molecule has 0 saturated carbocycles. The number of nitrogens with one attached hydrogen (secondary N) is 1. The number of amides is 1.